The van der Waals surface area contributed by atoms with Crippen molar-refractivity contribution in [3.63, 3.8) is 0 Å². The molecule has 3 N–H and O–H groups in total. The number of thiophene rings is 1. The molecule has 0 radical (unpaired) electrons. The van der Waals surface area contributed by atoms with E-state index in [0.29, 0.717) is 13.1 Å². The SMILES string of the molecule is NCC#Cc1ccc(CNC(=O)Cn2cnnn2)s1. The molecule has 0 aromatic carbocycles. The van der Waals surface area contributed by atoms with Gasteiger partial charge in [0, 0.05) is 4.88 Å². The highest BCUT2D eigenvalue weighted by Crippen LogP contribution is 2.14. The second kappa shape index (κ2) is 6.63. The molecule has 0 unspecified atom stereocenters. The number of hydrogen-bond acceptors (Lipinski definition) is 6. The van der Waals surface area contributed by atoms with Crippen LogP contribution in [0.25, 0.3) is 0 Å². The first-order valence-corrected chi connectivity index (χ1v) is 6.34. The van der Waals surface area contributed by atoms with Crippen molar-refractivity contribution in [2.24, 2.45) is 5.73 Å². The number of nitrogens with two attached hydrogens (primary N) is 1. The largest absolute Gasteiger partial charge is 0.350 e. The molecule has 0 aliphatic heterocycles. The van der Waals surface area contributed by atoms with Crippen molar-refractivity contribution in [3.8, 4) is 11.8 Å². The quantitative estimate of drug-likeness (QED) is 0.724. The van der Waals surface area contributed by atoms with Crippen LogP contribution in [0.4, 0.5) is 0 Å². The normalized spacial score (nSPS) is 9.74. The van der Waals surface area contributed by atoms with Crippen molar-refractivity contribution in [2.75, 3.05) is 6.54 Å². The number of aromatic nitrogens is 4. The van der Waals surface area contributed by atoms with Crippen LogP contribution in [0, 0.1) is 11.8 Å². The van der Waals surface area contributed by atoms with Crippen molar-refractivity contribution < 1.29 is 4.79 Å². The molecule has 0 saturated heterocycles. The van der Waals surface area contributed by atoms with E-state index in [2.05, 4.69) is 32.7 Å². The van der Waals surface area contributed by atoms with Crippen LogP contribution in [0.15, 0.2) is 18.5 Å². The maximum Gasteiger partial charge on any atom is 0.242 e. The summed E-state index contributed by atoms with van der Waals surface area (Å²) in [7, 11) is 0. The standard InChI is InChI=1S/C11H12N6OS/c12-5-1-2-9-3-4-10(19-9)6-13-11(18)7-17-8-14-15-16-17/h3-4,8H,5-7,12H2,(H,13,18). The van der Waals surface area contributed by atoms with Crippen LogP contribution in [-0.4, -0.2) is 32.7 Å². The van der Waals surface area contributed by atoms with E-state index in [0.717, 1.165) is 9.75 Å². The number of carbonyl (C=O) groups excluding carboxylic acids is 1. The molecule has 2 rings (SSSR count). The van der Waals surface area contributed by atoms with Gasteiger partial charge >= 0.3 is 0 Å². The van der Waals surface area contributed by atoms with Crippen molar-refractivity contribution in [2.45, 2.75) is 13.1 Å². The Morgan fingerprint density at radius 3 is 3.16 bits per heavy atom. The zero-order valence-corrected chi connectivity index (χ0v) is 10.9. The summed E-state index contributed by atoms with van der Waals surface area (Å²) in [5, 5.41) is 13.3. The summed E-state index contributed by atoms with van der Waals surface area (Å²) in [4.78, 5) is 13.6. The number of hydrogen-bond donors (Lipinski definition) is 2. The van der Waals surface area contributed by atoms with Gasteiger partial charge in [0.25, 0.3) is 0 Å². The van der Waals surface area contributed by atoms with Gasteiger partial charge in [-0.05, 0) is 22.6 Å². The first-order valence-electron chi connectivity index (χ1n) is 5.53. The number of nitrogens with zero attached hydrogens (tertiary/aromatic N) is 4. The fraction of sp³-hybridized carbons (Fsp3) is 0.273. The van der Waals surface area contributed by atoms with Gasteiger partial charge in [-0.3, -0.25) is 4.79 Å². The van der Waals surface area contributed by atoms with Gasteiger partial charge in [0.2, 0.25) is 5.91 Å². The smallest absolute Gasteiger partial charge is 0.242 e. The topological polar surface area (TPSA) is 98.7 Å². The number of amides is 1. The van der Waals surface area contributed by atoms with E-state index < -0.39 is 0 Å². The van der Waals surface area contributed by atoms with E-state index >= 15 is 0 Å². The molecule has 0 fully saturated rings. The van der Waals surface area contributed by atoms with Crippen molar-refractivity contribution >= 4 is 17.2 Å². The van der Waals surface area contributed by atoms with Crippen molar-refractivity contribution in [3.05, 3.63) is 28.2 Å². The van der Waals surface area contributed by atoms with Gasteiger partial charge in [-0.15, -0.1) is 16.4 Å². The minimum atomic E-state index is -0.143. The van der Waals surface area contributed by atoms with Gasteiger partial charge < -0.3 is 11.1 Å². The van der Waals surface area contributed by atoms with E-state index in [9.17, 15) is 4.79 Å². The number of nitrogens with one attached hydrogen (secondary N) is 1. The molecule has 7 nitrogen and oxygen atoms in total. The molecule has 19 heavy (non-hydrogen) atoms. The highest BCUT2D eigenvalue weighted by molar-refractivity contribution is 7.12. The molecule has 0 aliphatic carbocycles. The Bertz CT molecular complexity index is 594. The molecular weight excluding hydrogens is 264 g/mol. The summed E-state index contributed by atoms with van der Waals surface area (Å²) in [6, 6.07) is 3.85. The van der Waals surface area contributed by atoms with Gasteiger partial charge in [-0.1, -0.05) is 11.8 Å². The van der Waals surface area contributed by atoms with E-state index in [4.69, 9.17) is 5.73 Å². The molecule has 2 aromatic rings. The molecule has 1 amide bonds. The third-order valence-corrected chi connectivity index (χ3v) is 3.13. The molecule has 8 heteroatoms. The minimum Gasteiger partial charge on any atom is -0.350 e. The first-order chi connectivity index (χ1) is 9.28. The van der Waals surface area contributed by atoms with Gasteiger partial charge in [0.1, 0.15) is 12.9 Å². The summed E-state index contributed by atoms with van der Waals surface area (Å²) in [6.07, 6.45) is 1.39. The zero-order valence-electron chi connectivity index (χ0n) is 10.0. The summed E-state index contributed by atoms with van der Waals surface area (Å²) in [6.45, 7) is 0.921. The Morgan fingerprint density at radius 1 is 1.53 bits per heavy atom. The number of rotatable bonds is 4. The predicted octanol–water partition coefficient (Wildman–Crippen LogP) is -0.639. The Morgan fingerprint density at radius 2 is 2.42 bits per heavy atom. The third-order valence-electron chi connectivity index (χ3n) is 2.13. The fourth-order valence-corrected chi connectivity index (χ4v) is 2.14. The molecule has 0 saturated carbocycles. The molecule has 0 aliphatic rings. The third kappa shape index (κ3) is 4.17. The summed E-state index contributed by atoms with van der Waals surface area (Å²) >= 11 is 1.53. The second-order valence-corrected chi connectivity index (χ2v) is 4.72. The maximum atomic E-state index is 11.6. The lowest BCUT2D eigenvalue weighted by Crippen LogP contribution is -2.27. The summed E-state index contributed by atoms with van der Waals surface area (Å²) < 4.78 is 1.36. The van der Waals surface area contributed by atoms with Gasteiger partial charge in [-0.2, -0.15) is 0 Å². The maximum absolute atomic E-state index is 11.6. The molecule has 2 heterocycles. The summed E-state index contributed by atoms with van der Waals surface area (Å²) in [5.41, 5.74) is 5.30. The van der Waals surface area contributed by atoms with Crippen LogP contribution in [0.2, 0.25) is 0 Å². The Labute approximate surface area is 113 Å². The van der Waals surface area contributed by atoms with Crippen LogP contribution in [-0.2, 0) is 17.9 Å². The van der Waals surface area contributed by atoms with E-state index in [1.807, 2.05) is 12.1 Å². The van der Waals surface area contributed by atoms with Gasteiger partial charge in [-0.25, -0.2) is 4.68 Å². The molecular formula is C11H12N6OS. The van der Waals surface area contributed by atoms with E-state index in [1.54, 1.807) is 0 Å². The van der Waals surface area contributed by atoms with E-state index in [1.165, 1.54) is 22.3 Å². The molecule has 0 atom stereocenters. The Kier molecular flexibility index (Phi) is 4.60. The van der Waals surface area contributed by atoms with Crippen molar-refractivity contribution in [1.29, 1.82) is 0 Å². The Hall–Kier alpha value is -2.24. The van der Waals surface area contributed by atoms with E-state index in [-0.39, 0.29) is 12.5 Å². The number of carbonyl (C=O) groups is 1. The fourth-order valence-electron chi connectivity index (χ4n) is 1.32. The molecule has 2 aromatic heterocycles. The Balaban J connectivity index is 1.81. The monoisotopic (exact) mass is 276 g/mol. The number of tetrazole rings is 1. The van der Waals surface area contributed by atoms with Crippen LogP contribution < -0.4 is 11.1 Å². The lowest BCUT2D eigenvalue weighted by molar-refractivity contribution is -0.122. The molecule has 0 bridgehead atoms. The minimum absolute atomic E-state index is 0.109. The highest BCUT2D eigenvalue weighted by Gasteiger charge is 2.04. The molecule has 0 spiro atoms. The average molecular weight is 276 g/mol. The van der Waals surface area contributed by atoms with Crippen molar-refractivity contribution in [1.82, 2.24) is 25.5 Å². The predicted molar refractivity (Wildman–Crippen MR) is 69.9 cm³/mol. The first kappa shape index (κ1) is 13.2. The lowest BCUT2D eigenvalue weighted by Gasteiger charge is -2.02. The highest BCUT2D eigenvalue weighted by atomic mass is 32.1. The molecule has 98 valence electrons. The van der Waals surface area contributed by atoms with Gasteiger partial charge in [0.05, 0.1) is 18.0 Å². The summed E-state index contributed by atoms with van der Waals surface area (Å²) in [5.74, 6) is 5.59. The van der Waals surface area contributed by atoms with Crippen LogP contribution in [0.5, 0.6) is 0 Å². The second-order valence-electron chi connectivity index (χ2n) is 3.56. The van der Waals surface area contributed by atoms with Gasteiger partial charge in [0.15, 0.2) is 0 Å². The zero-order chi connectivity index (χ0) is 13.5. The van der Waals surface area contributed by atoms with Crippen LogP contribution in [0.3, 0.4) is 0 Å². The average Bonchev–Trinajstić information content (AvgIpc) is 3.05. The van der Waals surface area contributed by atoms with Crippen LogP contribution >= 0.6 is 11.3 Å². The lowest BCUT2D eigenvalue weighted by atomic mass is 10.4. The van der Waals surface area contributed by atoms with Crippen LogP contribution in [0.1, 0.15) is 9.75 Å².